The summed E-state index contributed by atoms with van der Waals surface area (Å²) in [6.45, 7) is 4.25. The summed E-state index contributed by atoms with van der Waals surface area (Å²) in [5, 5.41) is 3.30. The summed E-state index contributed by atoms with van der Waals surface area (Å²) in [6, 6.07) is 7.20. The summed E-state index contributed by atoms with van der Waals surface area (Å²) in [5.41, 5.74) is 0.527. The average molecular weight is 351 g/mol. The molecule has 2 heterocycles. The van der Waals surface area contributed by atoms with Gasteiger partial charge in [-0.25, -0.2) is 4.98 Å². The van der Waals surface area contributed by atoms with Gasteiger partial charge in [-0.3, -0.25) is 4.79 Å². The molecular weight excluding hydrogens is 332 g/mol. The number of likely N-dealkylation sites (tertiary alicyclic amines) is 1. The minimum atomic E-state index is 0.0332. The van der Waals surface area contributed by atoms with Gasteiger partial charge in [0.15, 0.2) is 0 Å². The van der Waals surface area contributed by atoms with Crippen molar-refractivity contribution < 1.29 is 9.53 Å². The zero-order chi connectivity index (χ0) is 16.2. The predicted molar refractivity (Wildman–Crippen MR) is 92.2 cm³/mol. The molecule has 1 aromatic heterocycles. The molecule has 23 heavy (non-hydrogen) atoms. The van der Waals surface area contributed by atoms with Crippen LogP contribution in [0.25, 0.3) is 0 Å². The molecule has 1 amide bonds. The molecule has 122 valence electrons. The van der Waals surface area contributed by atoms with E-state index >= 15 is 0 Å². The van der Waals surface area contributed by atoms with Gasteiger partial charge in [0.05, 0.1) is 0 Å². The molecule has 2 aromatic rings. The first-order valence-electron chi connectivity index (χ1n) is 7.74. The normalized spacial score (nSPS) is 15.7. The van der Waals surface area contributed by atoms with Crippen LogP contribution in [0.15, 0.2) is 29.6 Å². The highest BCUT2D eigenvalue weighted by Crippen LogP contribution is 2.21. The highest BCUT2D eigenvalue weighted by molar-refractivity contribution is 7.09. The largest absolute Gasteiger partial charge is 0.486 e. The smallest absolute Gasteiger partial charge is 0.273 e. The summed E-state index contributed by atoms with van der Waals surface area (Å²) in [4.78, 5) is 18.8. The summed E-state index contributed by atoms with van der Waals surface area (Å²) >= 11 is 7.30. The number of hydrogen-bond acceptors (Lipinski definition) is 4. The van der Waals surface area contributed by atoms with Crippen LogP contribution in [0.4, 0.5) is 0 Å². The lowest BCUT2D eigenvalue weighted by atomic mass is 9.99. The lowest BCUT2D eigenvalue weighted by molar-refractivity contribution is 0.0691. The van der Waals surface area contributed by atoms with E-state index in [1.165, 1.54) is 11.3 Å². The van der Waals surface area contributed by atoms with Crippen LogP contribution >= 0.6 is 22.9 Å². The van der Waals surface area contributed by atoms with E-state index in [0.717, 1.165) is 36.7 Å². The minimum Gasteiger partial charge on any atom is -0.486 e. The molecule has 1 aromatic carbocycles. The van der Waals surface area contributed by atoms with Crippen LogP contribution in [0.5, 0.6) is 5.75 Å². The number of rotatable bonds is 4. The Balaban J connectivity index is 1.57. The third-order valence-electron chi connectivity index (χ3n) is 4.02. The molecule has 6 heteroatoms. The van der Waals surface area contributed by atoms with Gasteiger partial charge in [0.25, 0.3) is 5.91 Å². The second-order valence-corrected chi connectivity index (χ2v) is 7.22. The number of hydrogen-bond donors (Lipinski definition) is 0. The maximum Gasteiger partial charge on any atom is 0.273 e. The first-order valence-corrected chi connectivity index (χ1v) is 8.99. The molecule has 0 N–H and O–H groups in total. The van der Waals surface area contributed by atoms with E-state index in [2.05, 4.69) is 11.9 Å². The molecule has 0 bridgehead atoms. The molecule has 3 rings (SSSR count). The van der Waals surface area contributed by atoms with Crippen LogP contribution < -0.4 is 4.74 Å². The number of halogens is 1. The summed E-state index contributed by atoms with van der Waals surface area (Å²) < 4.78 is 5.66. The molecule has 0 spiro atoms. The number of benzene rings is 1. The standard InChI is InChI=1S/C17H19ClN2O2S/c1-12-6-8-20(9-7-12)17(21)15-11-23-16(19-15)10-22-14-4-2-13(18)3-5-14/h2-5,11-12H,6-10H2,1H3. The van der Waals surface area contributed by atoms with Crippen molar-refractivity contribution in [1.29, 1.82) is 0 Å². The van der Waals surface area contributed by atoms with Crippen molar-refractivity contribution in [3.05, 3.63) is 45.4 Å². The van der Waals surface area contributed by atoms with Crippen molar-refractivity contribution >= 4 is 28.8 Å². The lowest BCUT2D eigenvalue weighted by Crippen LogP contribution is -2.38. The minimum absolute atomic E-state index is 0.0332. The highest BCUT2D eigenvalue weighted by Gasteiger charge is 2.23. The van der Waals surface area contributed by atoms with Crippen molar-refractivity contribution in [2.45, 2.75) is 26.4 Å². The zero-order valence-corrected chi connectivity index (χ0v) is 14.6. The Morgan fingerprint density at radius 3 is 2.74 bits per heavy atom. The van der Waals surface area contributed by atoms with Gasteiger partial charge in [-0.2, -0.15) is 0 Å². The van der Waals surface area contributed by atoms with Crippen molar-refractivity contribution in [1.82, 2.24) is 9.88 Å². The second kappa shape index (κ2) is 7.32. The molecule has 1 saturated heterocycles. The Kier molecular flexibility index (Phi) is 5.18. The van der Waals surface area contributed by atoms with Gasteiger partial charge in [0.2, 0.25) is 0 Å². The maximum absolute atomic E-state index is 12.4. The quantitative estimate of drug-likeness (QED) is 0.827. The lowest BCUT2D eigenvalue weighted by Gasteiger charge is -2.29. The van der Waals surface area contributed by atoms with Gasteiger partial charge >= 0.3 is 0 Å². The Hall–Kier alpha value is -1.59. The number of thiazole rings is 1. The van der Waals surface area contributed by atoms with E-state index in [-0.39, 0.29) is 5.91 Å². The van der Waals surface area contributed by atoms with Crippen LogP contribution in [-0.4, -0.2) is 28.9 Å². The average Bonchev–Trinajstić information content (AvgIpc) is 3.03. The van der Waals surface area contributed by atoms with E-state index in [1.807, 2.05) is 22.4 Å². The van der Waals surface area contributed by atoms with Crippen LogP contribution in [0.3, 0.4) is 0 Å². The Labute approximate surface area is 145 Å². The van der Waals surface area contributed by atoms with Crippen LogP contribution in [0.2, 0.25) is 5.02 Å². The molecule has 1 aliphatic rings. The molecule has 1 aliphatic heterocycles. The van der Waals surface area contributed by atoms with Crippen molar-refractivity contribution in [3.63, 3.8) is 0 Å². The van der Waals surface area contributed by atoms with Gasteiger partial charge in [-0.1, -0.05) is 18.5 Å². The van der Waals surface area contributed by atoms with Crippen LogP contribution in [0.1, 0.15) is 35.3 Å². The maximum atomic E-state index is 12.4. The van der Waals surface area contributed by atoms with Crippen molar-refractivity contribution in [2.24, 2.45) is 5.92 Å². The topological polar surface area (TPSA) is 42.4 Å². The van der Waals surface area contributed by atoms with Gasteiger partial charge in [-0.05, 0) is 43.0 Å². The molecule has 0 aliphatic carbocycles. The van der Waals surface area contributed by atoms with E-state index in [0.29, 0.717) is 23.2 Å². The van der Waals surface area contributed by atoms with Gasteiger partial charge in [0, 0.05) is 23.5 Å². The molecule has 0 unspecified atom stereocenters. The number of piperidine rings is 1. The number of carbonyl (C=O) groups excluding carboxylic acids is 1. The van der Waals surface area contributed by atoms with E-state index in [1.54, 1.807) is 12.1 Å². The van der Waals surface area contributed by atoms with Gasteiger partial charge < -0.3 is 9.64 Å². The van der Waals surface area contributed by atoms with Gasteiger partial charge in [0.1, 0.15) is 23.1 Å². The first kappa shape index (κ1) is 16.3. The SMILES string of the molecule is CC1CCN(C(=O)c2csc(COc3ccc(Cl)cc3)n2)CC1. The molecule has 1 fully saturated rings. The molecular formula is C17H19ClN2O2S. The highest BCUT2D eigenvalue weighted by atomic mass is 35.5. The zero-order valence-electron chi connectivity index (χ0n) is 13.0. The van der Waals surface area contributed by atoms with Crippen molar-refractivity contribution in [3.8, 4) is 5.75 Å². The molecule has 4 nitrogen and oxygen atoms in total. The van der Waals surface area contributed by atoms with E-state index in [9.17, 15) is 4.79 Å². The molecule has 0 atom stereocenters. The van der Waals surface area contributed by atoms with Gasteiger partial charge in [-0.15, -0.1) is 11.3 Å². The van der Waals surface area contributed by atoms with Crippen LogP contribution in [0, 0.1) is 5.92 Å². The van der Waals surface area contributed by atoms with E-state index < -0.39 is 0 Å². The summed E-state index contributed by atoms with van der Waals surface area (Å²) in [6.07, 6.45) is 2.14. The number of ether oxygens (including phenoxy) is 1. The number of carbonyl (C=O) groups is 1. The second-order valence-electron chi connectivity index (χ2n) is 5.84. The van der Waals surface area contributed by atoms with E-state index in [4.69, 9.17) is 16.3 Å². The first-order chi connectivity index (χ1) is 11.1. The predicted octanol–water partition coefficient (Wildman–Crippen LogP) is 4.25. The fourth-order valence-corrected chi connectivity index (χ4v) is 3.33. The fourth-order valence-electron chi connectivity index (χ4n) is 2.52. The molecule has 0 radical (unpaired) electrons. The van der Waals surface area contributed by atoms with Crippen LogP contribution in [-0.2, 0) is 6.61 Å². The fraction of sp³-hybridized carbons (Fsp3) is 0.412. The summed E-state index contributed by atoms with van der Waals surface area (Å²) in [7, 11) is 0. The third kappa shape index (κ3) is 4.24. The number of aromatic nitrogens is 1. The summed E-state index contributed by atoms with van der Waals surface area (Å²) in [5.74, 6) is 1.48. The Morgan fingerprint density at radius 2 is 2.04 bits per heavy atom. The molecule has 0 saturated carbocycles. The number of amides is 1. The Bertz CT molecular complexity index is 663. The number of nitrogens with zero attached hydrogens (tertiary/aromatic N) is 2. The monoisotopic (exact) mass is 350 g/mol. The van der Waals surface area contributed by atoms with Crippen molar-refractivity contribution in [2.75, 3.05) is 13.1 Å². The third-order valence-corrected chi connectivity index (χ3v) is 5.09. The Morgan fingerprint density at radius 1 is 1.35 bits per heavy atom.